The molecule has 1 aromatic rings. The first-order valence-electron chi connectivity index (χ1n) is 7.89. The lowest BCUT2D eigenvalue weighted by Gasteiger charge is -2.42. The van der Waals surface area contributed by atoms with Crippen LogP contribution in [0.3, 0.4) is 0 Å². The number of ether oxygens (including phenoxy) is 1. The third kappa shape index (κ3) is 2.57. The fourth-order valence-corrected chi connectivity index (χ4v) is 3.75. The Morgan fingerprint density at radius 2 is 2.10 bits per heavy atom. The van der Waals surface area contributed by atoms with E-state index < -0.39 is 0 Å². The van der Waals surface area contributed by atoms with Crippen LogP contribution < -0.4 is 10.6 Å². The summed E-state index contributed by atoms with van der Waals surface area (Å²) in [7, 11) is 0. The van der Waals surface area contributed by atoms with Gasteiger partial charge >= 0.3 is 0 Å². The maximum Gasteiger partial charge on any atom is 0.0795 e. The summed E-state index contributed by atoms with van der Waals surface area (Å²) in [6.07, 6.45) is 4.13. The van der Waals surface area contributed by atoms with Gasteiger partial charge in [0, 0.05) is 18.8 Å². The predicted octanol–water partition coefficient (Wildman–Crippen LogP) is 2.58. The Kier molecular flexibility index (Phi) is 3.99. The first kappa shape index (κ1) is 13.9. The lowest BCUT2D eigenvalue weighted by atomic mass is 9.91. The van der Waals surface area contributed by atoms with Crippen molar-refractivity contribution in [2.24, 2.45) is 11.7 Å². The van der Waals surface area contributed by atoms with Gasteiger partial charge in [-0.1, -0.05) is 25.1 Å². The van der Waals surface area contributed by atoms with Gasteiger partial charge in [0.15, 0.2) is 0 Å². The molecule has 0 radical (unpaired) electrons. The van der Waals surface area contributed by atoms with E-state index in [2.05, 4.69) is 43.0 Å². The first-order chi connectivity index (χ1) is 9.69. The standard InChI is InChI=1S/C17H26N2O/c1-12-9-14-5-3-4-6-15(14)19(11-12)16(10-18)17-8-7-13(2)20-17/h3-6,12-13,16-17H,7-11,18H2,1-2H3. The number of anilines is 1. The molecular formula is C17H26N2O. The van der Waals surface area contributed by atoms with Crippen LogP contribution in [0, 0.1) is 5.92 Å². The minimum atomic E-state index is 0.286. The second-order valence-electron chi connectivity index (χ2n) is 6.46. The molecule has 0 aliphatic carbocycles. The van der Waals surface area contributed by atoms with Gasteiger partial charge in [0.25, 0.3) is 0 Å². The molecule has 3 nitrogen and oxygen atoms in total. The minimum Gasteiger partial charge on any atom is -0.373 e. The molecule has 0 saturated carbocycles. The smallest absolute Gasteiger partial charge is 0.0795 e. The molecular weight excluding hydrogens is 248 g/mol. The summed E-state index contributed by atoms with van der Waals surface area (Å²) < 4.78 is 6.10. The summed E-state index contributed by atoms with van der Waals surface area (Å²) >= 11 is 0. The highest BCUT2D eigenvalue weighted by atomic mass is 16.5. The Hall–Kier alpha value is -1.06. The zero-order chi connectivity index (χ0) is 14.1. The van der Waals surface area contributed by atoms with Crippen molar-refractivity contribution in [3.63, 3.8) is 0 Å². The van der Waals surface area contributed by atoms with Crippen LogP contribution in [0.15, 0.2) is 24.3 Å². The summed E-state index contributed by atoms with van der Waals surface area (Å²) in [5, 5.41) is 0. The molecule has 0 bridgehead atoms. The molecule has 3 heteroatoms. The maximum atomic E-state index is 6.11. The second kappa shape index (κ2) is 5.74. The van der Waals surface area contributed by atoms with E-state index in [1.807, 2.05) is 0 Å². The number of nitrogens with zero attached hydrogens (tertiary/aromatic N) is 1. The highest BCUT2D eigenvalue weighted by Crippen LogP contribution is 2.34. The molecule has 4 atom stereocenters. The lowest BCUT2D eigenvalue weighted by Crippen LogP contribution is -2.52. The fourth-order valence-electron chi connectivity index (χ4n) is 3.75. The van der Waals surface area contributed by atoms with Crippen molar-refractivity contribution >= 4 is 5.69 Å². The third-order valence-corrected chi connectivity index (χ3v) is 4.71. The molecule has 0 amide bonds. The van der Waals surface area contributed by atoms with Gasteiger partial charge in [0.05, 0.1) is 18.2 Å². The van der Waals surface area contributed by atoms with E-state index in [9.17, 15) is 0 Å². The molecule has 2 N–H and O–H groups in total. The third-order valence-electron chi connectivity index (χ3n) is 4.71. The molecule has 0 spiro atoms. The van der Waals surface area contributed by atoms with E-state index in [1.54, 1.807) is 0 Å². The topological polar surface area (TPSA) is 38.5 Å². The van der Waals surface area contributed by atoms with Crippen molar-refractivity contribution < 1.29 is 4.74 Å². The monoisotopic (exact) mass is 274 g/mol. The summed E-state index contributed by atoms with van der Waals surface area (Å²) in [6, 6.07) is 9.07. The van der Waals surface area contributed by atoms with Crippen LogP contribution in [0.2, 0.25) is 0 Å². The lowest BCUT2D eigenvalue weighted by molar-refractivity contribution is 0.0393. The molecule has 1 saturated heterocycles. The molecule has 4 unspecified atom stereocenters. The number of para-hydroxylation sites is 1. The highest BCUT2D eigenvalue weighted by molar-refractivity contribution is 5.57. The van der Waals surface area contributed by atoms with Gasteiger partial charge in [-0.25, -0.2) is 0 Å². The Bertz CT molecular complexity index is 462. The van der Waals surface area contributed by atoms with Crippen LogP contribution in [-0.2, 0) is 11.2 Å². The van der Waals surface area contributed by atoms with E-state index in [1.165, 1.54) is 17.7 Å². The molecule has 20 heavy (non-hydrogen) atoms. The zero-order valence-corrected chi connectivity index (χ0v) is 12.6. The maximum absolute atomic E-state index is 6.11. The number of hydrogen-bond acceptors (Lipinski definition) is 3. The van der Waals surface area contributed by atoms with Crippen molar-refractivity contribution in [1.29, 1.82) is 0 Å². The Balaban J connectivity index is 1.88. The number of nitrogens with two attached hydrogens (primary N) is 1. The molecule has 110 valence electrons. The molecule has 2 heterocycles. The average Bonchev–Trinajstić information content (AvgIpc) is 2.86. The van der Waals surface area contributed by atoms with Crippen molar-refractivity contribution in [3.05, 3.63) is 29.8 Å². The van der Waals surface area contributed by atoms with Crippen LogP contribution >= 0.6 is 0 Å². The van der Waals surface area contributed by atoms with Crippen LogP contribution in [-0.4, -0.2) is 31.3 Å². The van der Waals surface area contributed by atoms with Gasteiger partial charge in [-0.15, -0.1) is 0 Å². The molecule has 2 aliphatic rings. The van der Waals surface area contributed by atoms with E-state index in [0.717, 1.165) is 19.4 Å². The van der Waals surface area contributed by atoms with Crippen LogP contribution in [0.5, 0.6) is 0 Å². The Morgan fingerprint density at radius 1 is 1.30 bits per heavy atom. The van der Waals surface area contributed by atoms with Gasteiger partial charge in [-0.2, -0.15) is 0 Å². The quantitative estimate of drug-likeness (QED) is 0.920. The van der Waals surface area contributed by atoms with Gasteiger partial charge in [0.1, 0.15) is 0 Å². The van der Waals surface area contributed by atoms with E-state index in [-0.39, 0.29) is 6.10 Å². The molecule has 0 aromatic heterocycles. The van der Waals surface area contributed by atoms with Gasteiger partial charge < -0.3 is 15.4 Å². The number of rotatable bonds is 3. The summed E-state index contributed by atoms with van der Waals surface area (Å²) in [5.41, 5.74) is 8.93. The van der Waals surface area contributed by atoms with Crippen LogP contribution in [0.4, 0.5) is 5.69 Å². The molecule has 1 aromatic carbocycles. The first-order valence-corrected chi connectivity index (χ1v) is 7.89. The van der Waals surface area contributed by atoms with Gasteiger partial charge in [0.2, 0.25) is 0 Å². The molecule has 3 rings (SSSR count). The van der Waals surface area contributed by atoms with Crippen molar-refractivity contribution in [1.82, 2.24) is 0 Å². The average molecular weight is 274 g/mol. The van der Waals surface area contributed by atoms with Crippen molar-refractivity contribution in [3.8, 4) is 0 Å². The number of benzene rings is 1. The summed E-state index contributed by atoms with van der Waals surface area (Å²) in [6.45, 7) is 6.25. The Morgan fingerprint density at radius 3 is 2.80 bits per heavy atom. The predicted molar refractivity (Wildman–Crippen MR) is 83.1 cm³/mol. The van der Waals surface area contributed by atoms with E-state index in [0.29, 0.717) is 24.6 Å². The van der Waals surface area contributed by atoms with Crippen LogP contribution in [0.1, 0.15) is 32.3 Å². The van der Waals surface area contributed by atoms with E-state index in [4.69, 9.17) is 10.5 Å². The molecule has 2 aliphatic heterocycles. The normalized spacial score (nSPS) is 31.1. The van der Waals surface area contributed by atoms with Gasteiger partial charge in [-0.3, -0.25) is 0 Å². The highest BCUT2D eigenvalue weighted by Gasteiger charge is 2.35. The van der Waals surface area contributed by atoms with Crippen LogP contribution in [0.25, 0.3) is 0 Å². The molecule has 1 fully saturated rings. The zero-order valence-electron chi connectivity index (χ0n) is 12.6. The largest absolute Gasteiger partial charge is 0.373 e. The number of hydrogen-bond donors (Lipinski definition) is 1. The Labute approximate surface area is 122 Å². The van der Waals surface area contributed by atoms with Gasteiger partial charge in [-0.05, 0) is 43.7 Å². The van der Waals surface area contributed by atoms with E-state index >= 15 is 0 Å². The SMILES string of the molecule is CC1Cc2ccccc2N(C(CN)C2CCC(C)O2)C1. The number of fused-ring (bicyclic) bond motifs is 1. The fraction of sp³-hybridized carbons (Fsp3) is 0.647. The van der Waals surface area contributed by atoms with Crippen molar-refractivity contribution in [2.45, 2.75) is 51.4 Å². The van der Waals surface area contributed by atoms with Crippen molar-refractivity contribution in [2.75, 3.05) is 18.0 Å². The second-order valence-corrected chi connectivity index (χ2v) is 6.46. The summed E-state index contributed by atoms with van der Waals surface area (Å²) in [4.78, 5) is 2.51. The minimum absolute atomic E-state index is 0.286. The summed E-state index contributed by atoms with van der Waals surface area (Å²) in [5.74, 6) is 0.678.